The van der Waals surface area contributed by atoms with Crippen LogP contribution >= 0.6 is 0 Å². The van der Waals surface area contributed by atoms with E-state index in [0.29, 0.717) is 12.0 Å². The summed E-state index contributed by atoms with van der Waals surface area (Å²) in [4.78, 5) is 7.04. The van der Waals surface area contributed by atoms with E-state index >= 15 is 0 Å². The first-order chi connectivity index (χ1) is 9.72. The smallest absolute Gasteiger partial charge is 0.229 e. The predicted octanol–water partition coefficient (Wildman–Crippen LogP) is 2.16. The summed E-state index contributed by atoms with van der Waals surface area (Å²) in [5, 5.41) is 7.58. The van der Waals surface area contributed by atoms with Gasteiger partial charge in [0.1, 0.15) is 0 Å². The van der Waals surface area contributed by atoms with Gasteiger partial charge in [0.2, 0.25) is 5.89 Å². The van der Waals surface area contributed by atoms with Gasteiger partial charge in [-0.25, -0.2) is 0 Å². The zero-order valence-corrected chi connectivity index (χ0v) is 12.6. The number of aromatic nitrogens is 2. The summed E-state index contributed by atoms with van der Waals surface area (Å²) in [6, 6.07) is 0.521. The molecule has 2 fully saturated rings. The van der Waals surface area contributed by atoms with Crippen molar-refractivity contribution >= 4 is 0 Å². The summed E-state index contributed by atoms with van der Waals surface area (Å²) in [6.07, 6.45) is 4.99. The number of rotatable bonds is 6. The molecule has 0 atom stereocenters. The summed E-state index contributed by atoms with van der Waals surface area (Å²) in [7, 11) is 0. The van der Waals surface area contributed by atoms with Gasteiger partial charge in [0.05, 0.1) is 6.54 Å². The zero-order chi connectivity index (χ0) is 13.9. The first-order valence-electron chi connectivity index (χ1n) is 7.99. The molecule has 0 spiro atoms. The molecule has 20 heavy (non-hydrogen) atoms. The Morgan fingerprint density at radius 2 is 2.00 bits per heavy atom. The van der Waals surface area contributed by atoms with Crippen molar-refractivity contribution in [3.05, 3.63) is 11.7 Å². The summed E-state index contributed by atoms with van der Waals surface area (Å²) >= 11 is 0. The monoisotopic (exact) mass is 278 g/mol. The van der Waals surface area contributed by atoms with Gasteiger partial charge in [0.25, 0.3) is 0 Å². The van der Waals surface area contributed by atoms with Crippen molar-refractivity contribution in [1.29, 1.82) is 0 Å². The highest BCUT2D eigenvalue weighted by molar-refractivity contribution is 5.01. The summed E-state index contributed by atoms with van der Waals surface area (Å²) in [5.74, 6) is 3.06. The van der Waals surface area contributed by atoms with E-state index in [0.717, 1.165) is 43.8 Å². The van der Waals surface area contributed by atoms with E-state index in [-0.39, 0.29) is 0 Å². The minimum absolute atomic E-state index is 0.521. The molecular weight excluding hydrogens is 252 g/mol. The van der Waals surface area contributed by atoms with Gasteiger partial charge >= 0.3 is 0 Å². The predicted molar refractivity (Wildman–Crippen MR) is 77.4 cm³/mol. The lowest BCUT2D eigenvalue weighted by molar-refractivity contribution is 0.156. The Balaban J connectivity index is 1.57. The van der Waals surface area contributed by atoms with E-state index in [4.69, 9.17) is 4.52 Å². The van der Waals surface area contributed by atoms with Crippen LogP contribution in [-0.2, 0) is 6.54 Å². The van der Waals surface area contributed by atoms with Crippen LogP contribution in [0.5, 0.6) is 0 Å². The van der Waals surface area contributed by atoms with Gasteiger partial charge in [0, 0.05) is 18.5 Å². The number of hydrogen-bond acceptors (Lipinski definition) is 5. The van der Waals surface area contributed by atoms with Crippen molar-refractivity contribution in [3.8, 4) is 0 Å². The second-order valence-electron chi connectivity index (χ2n) is 6.54. The van der Waals surface area contributed by atoms with E-state index in [1.54, 1.807) is 0 Å². The lowest BCUT2D eigenvalue weighted by atomic mass is 9.97. The molecule has 1 aliphatic carbocycles. The second-order valence-corrected chi connectivity index (χ2v) is 6.54. The number of nitrogens with one attached hydrogen (secondary N) is 1. The molecule has 1 aromatic heterocycles. The SMILES string of the molecule is CC(C)N(Cc1noc(C2CC2)n1)CC1CCNCC1. The fourth-order valence-electron chi connectivity index (χ4n) is 2.86. The number of hydrogen-bond donors (Lipinski definition) is 1. The van der Waals surface area contributed by atoms with Gasteiger partial charge in [-0.1, -0.05) is 5.16 Å². The third kappa shape index (κ3) is 3.58. The number of nitrogens with zero attached hydrogens (tertiary/aromatic N) is 3. The summed E-state index contributed by atoms with van der Waals surface area (Å²) < 4.78 is 5.36. The molecule has 1 N–H and O–H groups in total. The van der Waals surface area contributed by atoms with E-state index in [1.807, 2.05) is 0 Å². The standard InChI is InChI=1S/C15H26N4O/c1-11(2)19(9-12-5-7-16-8-6-12)10-14-17-15(20-18-14)13-3-4-13/h11-13,16H,3-10H2,1-2H3. The van der Waals surface area contributed by atoms with E-state index < -0.39 is 0 Å². The van der Waals surface area contributed by atoms with Gasteiger partial charge in [-0.3, -0.25) is 4.90 Å². The maximum atomic E-state index is 5.36. The minimum atomic E-state index is 0.521. The van der Waals surface area contributed by atoms with Crippen LogP contribution in [-0.4, -0.2) is 40.7 Å². The Kier molecular flexibility index (Phi) is 4.36. The Labute approximate surface area is 121 Å². The fraction of sp³-hybridized carbons (Fsp3) is 0.867. The normalized spacial score (nSPS) is 21.0. The topological polar surface area (TPSA) is 54.2 Å². The molecule has 5 nitrogen and oxygen atoms in total. The first kappa shape index (κ1) is 14.0. The Hall–Kier alpha value is -0.940. The van der Waals surface area contributed by atoms with Gasteiger partial charge in [-0.2, -0.15) is 4.98 Å². The van der Waals surface area contributed by atoms with Gasteiger partial charge in [-0.15, -0.1) is 0 Å². The van der Waals surface area contributed by atoms with Crippen molar-refractivity contribution in [2.45, 2.75) is 58.0 Å². The fourth-order valence-corrected chi connectivity index (χ4v) is 2.86. The van der Waals surface area contributed by atoms with Crippen LogP contribution in [0.4, 0.5) is 0 Å². The molecule has 0 amide bonds. The molecular formula is C15H26N4O. The molecule has 112 valence electrons. The van der Waals surface area contributed by atoms with E-state index in [9.17, 15) is 0 Å². The Bertz CT molecular complexity index is 421. The third-order valence-electron chi connectivity index (χ3n) is 4.44. The summed E-state index contributed by atoms with van der Waals surface area (Å²) in [5.41, 5.74) is 0. The molecule has 1 aliphatic heterocycles. The molecule has 1 saturated heterocycles. The van der Waals surface area contributed by atoms with Gasteiger partial charge in [0.15, 0.2) is 5.82 Å². The largest absolute Gasteiger partial charge is 0.339 e. The minimum Gasteiger partial charge on any atom is -0.339 e. The van der Waals surface area contributed by atoms with Crippen molar-refractivity contribution in [3.63, 3.8) is 0 Å². The van der Waals surface area contributed by atoms with Gasteiger partial charge < -0.3 is 9.84 Å². The molecule has 0 unspecified atom stereocenters. The molecule has 0 aromatic carbocycles. The Morgan fingerprint density at radius 1 is 1.25 bits per heavy atom. The highest BCUT2D eigenvalue weighted by Crippen LogP contribution is 2.38. The second kappa shape index (κ2) is 6.22. The maximum Gasteiger partial charge on any atom is 0.229 e. The average Bonchev–Trinajstić information content (AvgIpc) is 3.19. The van der Waals surface area contributed by atoms with Crippen LogP contribution in [0.25, 0.3) is 0 Å². The van der Waals surface area contributed by atoms with Crippen LogP contribution in [0.2, 0.25) is 0 Å². The molecule has 0 bridgehead atoms. The van der Waals surface area contributed by atoms with E-state index in [2.05, 4.69) is 34.2 Å². The van der Waals surface area contributed by atoms with Crippen LogP contribution in [0, 0.1) is 5.92 Å². The van der Waals surface area contributed by atoms with Crippen molar-refractivity contribution < 1.29 is 4.52 Å². The van der Waals surface area contributed by atoms with Crippen molar-refractivity contribution in [2.75, 3.05) is 19.6 Å². The summed E-state index contributed by atoms with van der Waals surface area (Å²) in [6.45, 7) is 8.78. The van der Waals surface area contributed by atoms with Crippen LogP contribution < -0.4 is 5.32 Å². The highest BCUT2D eigenvalue weighted by atomic mass is 16.5. The van der Waals surface area contributed by atoms with Crippen LogP contribution in [0.15, 0.2) is 4.52 Å². The lowest BCUT2D eigenvalue weighted by Gasteiger charge is -2.31. The first-order valence-corrected chi connectivity index (χ1v) is 7.99. The van der Waals surface area contributed by atoms with E-state index in [1.165, 1.54) is 25.7 Å². The Morgan fingerprint density at radius 3 is 2.65 bits per heavy atom. The zero-order valence-electron chi connectivity index (χ0n) is 12.6. The average molecular weight is 278 g/mol. The van der Waals surface area contributed by atoms with Crippen LogP contribution in [0.1, 0.15) is 57.2 Å². The molecule has 5 heteroatoms. The molecule has 1 saturated carbocycles. The van der Waals surface area contributed by atoms with Crippen molar-refractivity contribution in [1.82, 2.24) is 20.4 Å². The number of piperidine rings is 1. The quantitative estimate of drug-likeness (QED) is 0.864. The molecule has 0 radical (unpaired) electrons. The van der Waals surface area contributed by atoms with Crippen molar-refractivity contribution in [2.24, 2.45) is 5.92 Å². The molecule has 2 aliphatic rings. The maximum absolute atomic E-state index is 5.36. The van der Waals surface area contributed by atoms with Crippen LogP contribution in [0.3, 0.4) is 0 Å². The molecule has 3 rings (SSSR count). The highest BCUT2D eigenvalue weighted by Gasteiger charge is 2.30. The molecule has 2 heterocycles. The lowest BCUT2D eigenvalue weighted by Crippen LogP contribution is -2.39. The third-order valence-corrected chi connectivity index (χ3v) is 4.44. The van der Waals surface area contributed by atoms with Gasteiger partial charge in [-0.05, 0) is 58.5 Å². The molecule has 1 aromatic rings.